The van der Waals surface area contributed by atoms with E-state index in [1.807, 2.05) is 6.92 Å². The molecule has 3 aromatic carbocycles. The molecule has 6 nitrogen and oxygen atoms in total. The summed E-state index contributed by atoms with van der Waals surface area (Å²) in [5.41, 5.74) is 1.14. The van der Waals surface area contributed by atoms with E-state index in [4.69, 9.17) is 4.74 Å². The lowest BCUT2D eigenvalue weighted by Crippen LogP contribution is -2.32. The van der Waals surface area contributed by atoms with Crippen LogP contribution >= 0.6 is 0 Å². The number of alkyl halides is 3. The van der Waals surface area contributed by atoms with E-state index >= 15 is 0 Å². The zero-order valence-corrected chi connectivity index (χ0v) is 21.2. The number of carboxylic acids is 1. The van der Waals surface area contributed by atoms with Crippen LogP contribution in [0.4, 0.5) is 18.9 Å². The summed E-state index contributed by atoms with van der Waals surface area (Å²) in [7, 11) is -4.03. The maximum Gasteiger partial charge on any atom is 0.416 e. The Hall–Kier alpha value is -3.53. The van der Waals surface area contributed by atoms with Crippen LogP contribution in [0.15, 0.2) is 71.6 Å². The monoisotopic (exact) mass is 534 g/mol. The zero-order chi connectivity index (χ0) is 27.2. The SMILES string of the molecule is CCCCCN(c1cccc(-c2ccc(C(F)(F)F)cc2)c1)S(=O)(=O)c1ccc(OCC(=O)[O-])c(C)c1. The Morgan fingerprint density at radius 2 is 1.68 bits per heavy atom. The van der Waals surface area contributed by atoms with Gasteiger partial charge in [0.05, 0.1) is 22.1 Å². The topological polar surface area (TPSA) is 86.7 Å². The first-order valence-corrected chi connectivity index (χ1v) is 13.1. The van der Waals surface area contributed by atoms with Gasteiger partial charge in [-0.05, 0) is 72.5 Å². The molecule has 0 spiro atoms. The second kappa shape index (κ2) is 11.7. The van der Waals surface area contributed by atoms with Gasteiger partial charge in [-0.2, -0.15) is 13.2 Å². The summed E-state index contributed by atoms with van der Waals surface area (Å²) in [6, 6.07) is 15.5. The third-order valence-corrected chi connectivity index (χ3v) is 7.55. The van der Waals surface area contributed by atoms with Crippen molar-refractivity contribution in [2.24, 2.45) is 0 Å². The van der Waals surface area contributed by atoms with Crippen LogP contribution in [0.3, 0.4) is 0 Å². The van der Waals surface area contributed by atoms with Gasteiger partial charge in [-0.15, -0.1) is 0 Å². The summed E-state index contributed by atoms with van der Waals surface area (Å²) in [6.45, 7) is 3.15. The second-order valence-electron chi connectivity index (χ2n) is 8.50. The number of carbonyl (C=O) groups is 1. The number of carbonyl (C=O) groups excluding carboxylic acids is 1. The molecule has 0 bridgehead atoms. The molecule has 0 radical (unpaired) electrons. The van der Waals surface area contributed by atoms with Crippen LogP contribution in [-0.4, -0.2) is 27.5 Å². The van der Waals surface area contributed by atoms with Crippen molar-refractivity contribution in [3.63, 3.8) is 0 Å². The minimum absolute atomic E-state index is 0.00207. The first kappa shape index (κ1) is 28.0. The highest BCUT2D eigenvalue weighted by atomic mass is 32.2. The third kappa shape index (κ3) is 7.03. The maximum absolute atomic E-state index is 13.7. The summed E-state index contributed by atoms with van der Waals surface area (Å²) in [5.74, 6) is -1.17. The van der Waals surface area contributed by atoms with Crippen molar-refractivity contribution in [2.45, 2.75) is 44.2 Å². The molecule has 0 fully saturated rings. The summed E-state index contributed by atoms with van der Waals surface area (Å²) in [4.78, 5) is 10.7. The van der Waals surface area contributed by atoms with E-state index in [0.29, 0.717) is 28.8 Å². The molecule has 198 valence electrons. The fourth-order valence-corrected chi connectivity index (χ4v) is 5.37. The number of hydrogen-bond acceptors (Lipinski definition) is 5. The lowest BCUT2D eigenvalue weighted by Gasteiger charge is -2.25. The van der Waals surface area contributed by atoms with Crippen LogP contribution in [0.5, 0.6) is 5.75 Å². The molecule has 0 saturated carbocycles. The molecule has 10 heteroatoms. The molecular weight excluding hydrogens is 507 g/mol. The number of sulfonamides is 1. The molecule has 37 heavy (non-hydrogen) atoms. The average molecular weight is 535 g/mol. The highest BCUT2D eigenvalue weighted by molar-refractivity contribution is 7.92. The fraction of sp³-hybridized carbons (Fsp3) is 0.296. The normalized spacial score (nSPS) is 11.8. The van der Waals surface area contributed by atoms with Gasteiger partial charge in [0, 0.05) is 6.54 Å². The predicted molar refractivity (Wildman–Crippen MR) is 133 cm³/mol. The van der Waals surface area contributed by atoms with Crippen molar-refractivity contribution in [3.8, 4) is 16.9 Å². The van der Waals surface area contributed by atoms with Gasteiger partial charge in [-0.1, -0.05) is 44.0 Å². The molecule has 3 rings (SSSR count). The van der Waals surface area contributed by atoms with Crippen LogP contribution in [0.1, 0.15) is 37.3 Å². The Bertz CT molecular complexity index is 1340. The van der Waals surface area contributed by atoms with Gasteiger partial charge in [-0.25, -0.2) is 8.42 Å². The van der Waals surface area contributed by atoms with Gasteiger partial charge in [0.2, 0.25) is 0 Å². The maximum atomic E-state index is 13.7. The van der Waals surface area contributed by atoms with E-state index in [2.05, 4.69) is 0 Å². The van der Waals surface area contributed by atoms with E-state index in [1.165, 1.54) is 34.6 Å². The Morgan fingerprint density at radius 3 is 2.27 bits per heavy atom. The molecule has 3 aromatic rings. The van der Waals surface area contributed by atoms with E-state index in [1.54, 1.807) is 31.2 Å². The lowest BCUT2D eigenvalue weighted by molar-refractivity contribution is -0.307. The van der Waals surface area contributed by atoms with Gasteiger partial charge >= 0.3 is 6.18 Å². The molecule has 0 aliphatic carbocycles. The van der Waals surface area contributed by atoms with Gasteiger partial charge in [0.15, 0.2) is 0 Å². The van der Waals surface area contributed by atoms with Gasteiger partial charge in [0.1, 0.15) is 12.4 Å². The van der Waals surface area contributed by atoms with E-state index in [-0.39, 0.29) is 17.2 Å². The lowest BCUT2D eigenvalue weighted by atomic mass is 10.0. The van der Waals surface area contributed by atoms with Gasteiger partial charge in [0.25, 0.3) is 10.0 Å². The Balaban J connectivity index is 1.98. The largest absolute Gasteiger partial charge is 0.546 e. The summed E-state index contributed by atoms with van der Waals surface area (Å²) in [6.07, 6.45) is -2.16. The van der Waals surface area contributed by atoms with Gasteiger partial charge < -0.3 is 14.6 Å². The van der Waals surface area contributed by atoms with Crippen LogP contribution in [0.25, 0.3) is 11.1 Å². The third-order valence-electron chi connectivity index (χ3n) is 5.72. The number of hydrogen-bond donors (Lipinski definition) is 0. The van der Waals surface area contributed by atoms with E-state index in [0.717, 1.165) is 25.0 Å². The average Bonchev–Trinajstić information content (AvgIpc) is 2.85. The van der Waals surface area contributed by atoms with Crippen molar-refractivity contribution < 1.29 is 36.2 Å². The van der Waals surface area contributed by atoms with Crippen molar-refractivity contribution in [1.82, 2.24) is 0 Å². The van der Waals surface area contributed by atoms with Crippen LogP contribution in [0, 0.1) is 6.92 Å². The van der Waals surface area contributed by atoms with E-state index < -0.39 is 34.3 Å². The molecule has 0 N–H and O–H groups in total. The quantitative estimate of drug-likeness (QED) is 0.316. The predicted octanol–water partition coefficient (Wildman–Crippen LogP) is 5.20. The number of ether oxygens (including phenoxy) is 1. The zero-order valence-electron chi connectivity index (χ0n) is 20.4. The van der Waals surface area contributed by atoms with Crippen molar-refractivity contribution in [1.29, 1.82) is 0 Å². The van der Waals surface area contributed by atoms with Gasteiger partial charge in [-0.3, -0.25) is 4.31 Å². The molecule has 0 unspecified atom stereocenters. The molecule has 0 saturated heterocycles. The molecule has 0 aromatic heterocycles. The highest BCUT2D eigenvalue weighted by Crippen LogP contribution is 2.33. The summed E-state index contributed by atoms with van der Waals surface area (Å²) in [5, 5.41) is 10.7. The number of carboxylic acid groups (broad SMARTS) is 1. The number of nitrogens with zero attached hydrogens (tertiary/aromatic N) is 1. The van der Waals surface area contributed by atoms with E-state index in [9.17, 15) is 31.5 Å². The Morgan fingerprint density at radius 1 is 0.973 bits per heavy atom. The number of anilines is 1. The molecule has 0 heterocycles. The first-order valence-electron chi connectivity index (χ1n) is 11.7. The Kier molecular flexibility index (Phi) is 8.85. The van der Waals surface area contributed by atoms with Crippen LogP contribution < -0.4 is 14.1 Å². The smallest absolute Gasteiger partial charge is 0.416 e. The molecule has 0 atom stereocenters. The number of unbranched alkanes of at least 4 members (excludes halogenated alkanes) is 2. The number of aryl methyl sites for hydroxylation is 1. The highest BCUT2D eigenvalue weighted by Gasteiger charge is 2.30. The fourth-order valence-electron chi connectivity index (χ4n) is 3.79. The first-order chi connectivity index (χ1) is 17.4. The molecular formula is C27H27F3NO5S-. The van der Waals surface area contributed by atoms with Crippen molar-refractivity contribution in [2.75, 3.05) is 17.5 Å². The molecule has 0 amide bonds. The standard InChI is InChI=1S/C27H28F3NO5S/c1-3-4-5-15-31(37(34,35)24-13-14-25(19(2)16-24)36-18-26(32)33)23-8-6-7-21(17-23)20-9-11-22(12-10-20)27(28,29)30/h6-14,16-17H,3-5,15,18H2,1-2H3,(H,32,33)/p-1. The molecule has 0 aliphatic heterocycles. The summed E-state index contributed by atoms with van der Waals surface area (Å²) < 4.78 is 72.7. The Labute approximate surface area is 214 Å². The van der Waals surface area contributed by atoms with Crippen LogP contribution in [-0.2, 0) is 21.0 Å². The number of rotatable bonds is 11. The minimum Gasteiger partial charge on any atom is -0.546 e. The minimum atomic E-state index is -4.45. The number of benzene rings is 3. The summed E-state index contributed by atoms with van der Waals surface area (Å²) >= 11 is 0. The number of halogens is 3. The van der Waals surface area contributed by atoms with Crippen molar-refractivity contribution >= 4 is 21.7 Å². The second-order valence-corrected chi connectivity index (χ2v) is 10.4. The van der Waals surface area contributed by atoms with Crippen LogP contribution in [0.2, 0.25) is 0 Å². The van der Waals surface area contributed by atoms with Crippen molar-refractivity contribution in [3.05, 3.63) is 77.9 Å². The molecule has 0 aliphatic rings. The number of aliphatic carboxylic acids is 1.